The number of carbonyl (C=O) groups excluding carboxylic acids is 3. The van der Waals surface area contributed by atoms with Crippen molar-refractivity contribution in [2.24, 2.45) is 23.5 Å². The smallest absolute Gasteiger partial charge is 0.231 e. The van der Waals surface area contributed by atoms with E-state index in [0.717, 1.165) is 0 Å². The first-order valence-electron chi connectivity index (χ1n) is 9.34. The summed E-state index contributed by atoms with van der Waals surface area (Å²) in [4.78, 5) is 37.0. The Kier molecular flexibility index (Phi) is 9.76. The molecular formula is C20H28Cl2N4O3. The number of amides is 2. The molecule has 0 saturated heterocycles. The van der Waals surface area contributed by atoms with E-state index in [9.17, 15) is 14.4 Å². The van der Waals surface area contributed by atoms with Crippen LogP contribution in [0.15, 0.2) is 18.2 Å². The number of carbonyl (C=O) groups is 3. The van der Waals surface area contributed by atoms with Gasteiger partial charge in [-0.2, -0.15) is 0 Å². The molecule has 0 fully saturated rings. The molecule has 0 saturated carbocycles. The molecule has 0 bridgehead atoms. The van der Waals surface area contributed by atoms with Crippen LogP contribution in [0.1, 0.15) is 39.7 Å². The molecule has 7 nitrogen and oxygen atoms in total. The van der Waals surface area contributed by atoms with Gasteiger partial charge in [0.05, 0.1) is 12.5 Å². The number of nitrogens with two attached hydrogens (primary N) is 1. The first-order chi connectivity index (χ1) is 13.4. The SMILES string of the molecule is CC(C)[C@@H](N)C(=O)C[C@@H](C(=O)NC(=N)NC(=O)Cc1c(Cl)cccc1Cl)C(C)C. The van der Waals surface area contributed by atoms with Gasteiger partial charge in [-0.15, -0.1) is 0 Å². The molecule has 0 radical (unpaired) electrons. The van der Waals surface area contributed by atoms with Crippen LogP contribution in [0.25, 0.3) is 0 Å². The van der Waals surface area contributed by atoms with Crippen molar-refractivity contribution in [1.29, 1.82) is 5.41 Å². The molecule has 2 amide bonds. The molecule has 0 heterocycles. The van der Waals surface area contributed by atoms with E-state index in [4.69, 9.17) is 34.3 Å². The molecule has 2 atom stereocenters. The minimum atomic E-state index is -0.664. The second kappa shape index (κ2) is 11.3. The largest absolute Gasteiger partial charge is 0.321 e. The van der Waals surface area contributed by atoms with Crippen molar-refractivity contribution >= 4 is 46.8 Å². The van der Waals surface area contributed by atoms with Crippen LogP contribution in [-0.2, 0) is 20.8 Å². The number of nitrogens with one attached hydrogen (secondary N) is 3. The molecule has 29 heavy (non-hydrogen) atoms. The van der Waals surface area contributed by atoms with Crippen molar-refractivity contribution in [3.05, 3.63) is 33.8 Å². The fourth-order valence-corrected chi connectivity index (χ4v) is 3.18. The summed E-state index contributed by atoms with van der Waals surface area (Å²) in [6.07, 6.45) is -0.175. The number of ketones is 1. The predicted octanol–water partition coefficient (Wildman–Crippen LogP) is 2.92. The lowest BCUT2D eigenvalue weighted by Gasteiger charge is -2.22. The highest BCUT2D eigenvalue weighted by atomic mass is 35.5. The first-order valence-corrected chi connectivity index (χ1v) is 10.1. The minimum Gasteiger partial charge on any atom is -0.321 e. The highest BCUT2D eigenvalue weighted by molar-refractivity contribution is 6.36. The highest BCUT2D eigenvalue weighted by Gasteiger charge is 2.29. The van der Waals surface area contributed by atoms with E-state index in [2.05, 4.69) is 10.6 Å². The molecule has 0 spiro atoms. The summed E-state index contributed by atoms with van der Waals surface area (Å²) in [5, 5.41) is 13.1. The Morgan fingerprint density at radius 1 is 1.03 bits per heavy atom. The van der Waals surface area contributed by atoms with Crippen LogP contribution in [0.5, 0.6) is 0 Å². The van der Waals surface area contributed by atoms with Gasteiger partial charge in [0, 0.05) is 22.4 Å². The van der Waals surface area contributed by atoms with E-state index >= 15 is 0 Å². The van der Waals surface area contributed by atoms with Crippen molar-refractivity contribution < 1.29 is 14.4 Å². The van der Waals surface area contributed by atoms with Crippen LogP contribution in [0.4, 0.5) is 0 Å². The van der Waals surface area contributed by atoms with Gasteiger partial charge < -0.3 is 5.73 Å². The number of benzene rings is 1. The van der Waals surface area contributed by atoms with Crippen LogP contribution in [-0.4, -0.2) is 29.6 Å². The summed E-state index contributed by atoms with van der Waals surface area (Å²) in [6.45, 7) is 7.28. The van der Waals surface area contributed by atoms with Crippen LogP contribution in [0.2, 0.25) is 10.0 Å². The van der Waals surface area contributed by atoms with Crippen LogP contribution in [0, 0.1) is 23.2 Å². The summed E-state index contributed by atoms with van der Waals surface area (Å²) in [5.74, 6) is -2.61. The first kappa shape index (κ1) is 25.1. The molecular weight excluding hydrogens is 415 g/mol. The zero-order valence-corrected chi connectivity index (χ0v) is 18.5. The number of hydrogen-bond acceptors (Lipinski definition) is 5. The van der Waals surface area contributed by atoms with Gasteiger partial charge in [0.2, 0.25) is 17.8 Å². The maximum atomic E-state index is 12.5. The summed E-state index contributed by atoms with van der Waals surface area (Å²) >= 11 is 12.1. The normalized spacial score (nSPS) is 13.1. The third-order valence-corrected chi connectivity index (χ3v) is 5.27. The van der Waals surface area contributed by atoms with Gasteiger partial charge in [0.15, 0.2) is 5.78 Å². The summed E-state index contributed by atoms with van der Waals surface area (Å²) in [7, 11) is 0. The van der Waals surface area contributed by atoms with Crippen LogP contribution < -0.4 is 16.4 Å². The molecule has 1 aromatic carbocycles. The molecule has 1 rings (SSSR count). The Bertz CT molecular complexity index is 761. The molecule has 0 unspecified atom stereocenters. The minimum absolute atomic E-state index is 0.0285. The molecule has 160 valence electrons. The fourth-order valence-electron chi connectivity index (χ4n) is 2.65. The topological polar surface area (TPSA) is 125 Å². The van der Waals surface area contributed by atoms with E-state index in [1.807, 2.05) is 13.8 Å². The van der Waals surface area contributed by atoms with Gasteiger partial charge in [0.25, 0.3) is 0 Å². The lowest BCUT2D eigenvalue weighted by molar-refractivity contribution is -0.130. The molecule has 5 N–H and O–H groups in total. The van der Waals surface area contributed by atoms with Gasteiger partial charge in [-0.1, -0.05) is 57.0 Å². The van der Waals surface area contributed by atoms with Crippen molar-refractivity contribution in [2.45, 2.75) is 46.6 Å². The lowest BCUT2D eigenvalue weighted by atomic mass is 9.86. The molecule has 0 aliphatic rings. The molecule has 9 heteroatoms. The number of halogens is 2. The number of guanidine groups is 1. The van der Waals surface area contributed by atoms with E-state index < -0.39 is 29.7 Å². The molecule has 0 aromatic heterocycles. The maximum Gasteiger partial charge on any atom is 0.231 e. The monoisotopic (exact) mass is 442 g/mol. The zero-order valence-electron chi connectivity index (χ0n) is 17.0. The van der Waals surface area contributed by atoms with Crippen LogP contribution >= 0.6 is 23.2 Å². The number of hydrogen-bond donors (Lipinski definition) is 4. The third-order valence-electron chi connectivity index (χ3n) is 4.56. The van der Waals surface area contributed by atoms with E-state index in [-0.39, 0.29) is 30.5 Å². The van der Waals surface area contributed by atoms with Crippen molar-refractivity contribution in [1.82, 2.24) is 10.6 Å². The van der Waals surface area contributed by atoms with E-state index in [0.29, 0.717) is 15.6 Å². The zero-order chi connectivity index (χ0) is 22.3. The van der Waals surface area contributed by atoms with Crippen molar-refractivity contribution in [3.63, 3.8) is 0 Å². The average molecular weight is 443 g/mol. The third kappa shape index (κ3) is 7.76. The average Bonchev–Trinajstić information content (AvgIpc) is 2.61. The van der Waals surface area contributed by atoms with Gasteiger partial charge >= 0.3 is 0 Å². The van der Waals surface area contributed by atoms with Crippen molar-refractivity contribution in [3.8, 4) is 0 Å². The number of Topliss-reactive ketones (excluding diaryl/α,β-unsaturated/α-hetero) is 1. The molecule has 1 aromatic rings. The lowest BCUT2D eigenvalue weighted by Crippen LogP contribution is -2.47. The quantitative estimate of drug-likeness (QED) is 0.364. The fraction of sp³-hybridized carbons (Fsp3) is 0.500. The molecule has 0 aliphatic carbocycles. The van der Waals surface area contributed by atoms with Crippen molar-refractivity contribution in [2.75, 3.05) is 0 Å². The Hall–Kier alpha value is -1.96. The summed E-state index contributed by atoms with van der Waals surface area (Å²) in [6, 6.07) is 4.22. The van der Waals surface area contributed by atoms with E-state index in [1.165, 1.54) is 0 Å². The van der Waals surface area contributed by atoms with Crippen LogP contribution in [0.3, 0.4) is 0 Å². The summed E-state index contributed by atoms with van der Waals surface area (Å²) < 4.78 is 0. The second-order valence-corrected chi connectivity index (χ2v) is 8.39. The Balaban J connectivity index is 2.69. The Labute approximate surface area is 181 Å². The van der Waals surface area contributed by atoms with Gasteiger partial charge in [0.1, 0.15) is 0 Å². The molecule has 0 aliphatic heterocycles. The van der Waals surface area contributed by atoms with Gasteiger partial charge in [-0.25, -0.2) is 0 Å². The Morgan fingerprint density at radius 3 is 2.07 bits per heavy atom. The number of rotatable bonds is 8. The predicted molar refractivity (Wildman–Crippen MR) is 115 cm³/mol. The Morgan fingerprint density at radius 2 is 1.59 bits per heavy atom. The van der Waals surface area contributed by atoms with E-state index in [1.54, 1.807) is 32.0 Å². The highest BCUT2D eigenvalue weighted by Crippen LogP contribution is 2.24. The van der Waals surface area contributed by atoms with Gasteiger partial charge in [-0.3, -0.25) is 30.4 Å². The maximum absolute atomic E-state index is 12.5. The second-order valence-electron chi connectivity index (χ2n) is 7.58. The van der Waals surface area contributed by atoms with Gasteiger partial charge in [-0.05, 0) is 29.5 Å². The standard InChI is InChI=1S/C20H28Cl2N4O3/c1-10(2)12(8-16(27)18(23)11(3)4)19(29)26-20(24)25-17(28)9-13-14(21)6-5-7-15(13)22/h5-7,10-12,18H,8-9,23H2,1-4H3,(H3,24,25,26,28,29)/t12-,18-/m1/s1. The summed E-state index contributed by atoms with van der Waals surface area (Å²) in [5.41, 5.74) is 6.30.